The van der Waals surface area contributed by atoms with Crippen molar-refractivity contribution in [3.8, 4) is 0 Å². The quantitative estimate of drug-likeness (QED) is 0.764. The molecule has 26 heavy (non-hydrogen) atoms. The van der Waals surface area contributed by atoms with Gasteiger partial charge in [-0.25, -0.2) is 9.97 Å². The van der Waals surface area contributed by atoms with Crippen molar-refractivity contribution < 1.29 is 0 Å². The van der Waals surface area contributed by atoms with Crippen molar-refractivity contribution in [1.82, 2.24) is 9.97 Å². The number of halogens is 1. The maximum atomic E-state index is 6.13. The summed E-state index contributed by atoms with van der Waals surface area (Å²) in [7, 11) is 2.11. The Balaban J connectivity index is 1.68. The molecule has 0 unspecified atom stereocenters. The second kappa shape index (κ2) is 8.58. The highest BCUT2D eigenvalue weighted by Crippen LogP contribution is 2.24. The fraction of sp³-hybridized carbons (Fsp3) is 0.500. The van der Waals surface area contributed by atoms with Gasteiger partial charge in [-0.2, -0.15) is 0 Å². The average Bonchev–Trinajstić information content (AvgIpc) is 2.65. The first-order valence-electron chi connectivity index (χ1n) is 9.39. The van der Waals surface area contributed by atoms with E-state index in [9.17, 15) is 0 Å². The number of anilines is 3. The average molecular weight is 374 g/mol. The highest BCUT2D eigenvalue weighted by molar-refractivity contribution is 6.30. The van der Waals surface area contributed by atoms with Gasteiger partial charge in [0.25, 0.3) is 0 Å². The molecule has 0 spiro atoms. The number of aryl methyl sites for hydroxylation is 1. The molecule has 3 rings (SSSR count). The van der Waals surface area contributed by atoms with Gasteiger partial charge in [0, 0.05) is 56.5 Å². The van der Waals surface area contributed by atoms with Gasteiger partial charge in [-0.15, -0.1) is 0 Å². The van der Waals surface area contributed by atoms with Crippen LogP contribution in [0, 0.1) is 6.92 Å². The smallest absolute Gasteiger partial charge is 0.134 e. The summed E-state index contributed by atoms with van der Waals surface area (Å²) in [5.41, 5.74) is 1.19. The van der Waals surface area contributed by atoms with Crippen LogP contribution in [0.15, 0.2) is 30.3 Å². The van der Waals surface area contributed by atoms with Crippen LogP contribution >= 0.6 is 11.6 Å². The minimum absolute atomic E-state index is 0.788. The molecule has 1 aromatic carbocycles. The van der Waals surface area contributed by atoms with Crippen LogP contribution in [0.5, 0.6) is 0 Å². The van der Waals surface area contributed by atoms with Gasteiger partial charge in [-0.3, -0.25) is 0 Å². The number of aromatic nitrogens is 2. The van der Waals surface area contributed by atoms with E-state index < -0.39 is 0 Å². The van der Waals surface area contributed by atoms with Gasteiger partial charge in [-0.1, -0.05) is 31.0 Å². The number of benzene rings is 1. The molecule has 1 aliphatic rings. The minimum atomic E-state index is 0.788. The van der Waals surface area contributed by atoms with Gasteiger partial charge in [0.05, 0.1) is 0 Å². The monoisotopic (exact) mass is 373 g/mol. The van der Waals surface area contributed by atoms with E-state index in [1.54, 1.807) is 0 Å². The van der Waals surface area contributed by atoms with Crippen LogP contribution in [0.3, 0.4) is 0 Å². The summed E-state index contributed by atoms with van der Waals surface area (Å²) in [4.78, 5) is 16.3. The van der Waals surface area contributed by atoms with E-state index in [-0.39, 0.29) is 0 Å². The molecule has 0 atom stereocenters. The van der Waals surface area contributed by atoms with Crippen LogP contribution in [0.4, 0.5) is 17.3 Å². The molecule has 5 nitrogen and oxygen atoms in total. The van der Waals surface area contributed by atoms with Crippen molar-refractivity contribution >= 4 is 28.9 Å². The molecule has 0 aliphatic carbocycles. The van der Waals surface area contributed by atoms with E-state index >= 15 is 0 Å². The van der Waals surface area contributed by atoms with E-state index in [1.807, 2.05) is 25.1 Å². The normalized spacial score (nSPS) is 14.6. The third-order valence-corrected chi connectivity index (χ3v) is 5.06. The van der Waals surface area contributed by atoms with E-state index in [0.29, 0.717) is 0 Å². The molecule has 140 valence electrons. The fourth-order valence-electron chi connectivity index (χ4n) is 3.27. The Morgan fingerprint density at radius 3 is 2.50 bits per heavy atom. The third-order valence-electron chi connectivity index (χ3n) is 4.83. The molecule has 0 amide bonds. The number of hydrogen-bond donors (Lipinski definition) is 0. The topological polar surface area (TPSA) is 35.5 Å². The third kappa shape index (κ3) is 4.58. The summed E-state index contributed by atoms with van der Waals surface area (Å²) in [6.07, 6.45) is 2.36. The lowest BCUT2D eigenvalue weighted by Gasteiger charge is -2.37. The Labute approximate surface area is 161 Å². The Morgan fingerprint density at radius 2 is 1.81 bits per heavy atom. The van der Waals surface area contributed by atoms with Crippen LogP contribution in [0.2, 0.25) is 5.02 Å². The Kier molecular flexibility index (Phi) is 6.20. The second-order valence-corrected chi connectivity index (χ2v) is 7.30. The summed E-state index contributed by atoms with van der Waals surface area (Å²) < 4.78 is 0. The van der Waals surface area contributed by atoms with Gasteiger partial charge in [0.1, 0.15) is 17.5 Å². The first-order valence-corrected chi connectivity index (χ1v) is 9.77. The molecule has 0 radical (unpaired) electrons. The van der Waals surface area contributed by atoms with E-state index in [0.717, 1.165) is 55.2 Å². The van der Waals surface area contributed by atoms with E-state index in [1.165, 1.54) is 18.5 Å². The molecular formula is C20H28ClN5. The molecule has 1 aliphatic heterocycles. The predicted octanol–water partition coefficient (Wildman–Crippen LogP) is 4.00. The maximum Gasteiger partial charge on any atom is 0.134 e. The molecule has 2 aromatic rings. The number of piperazine rings is 1. The molecule has 0 N–H and O–H groups in total. The lowest BCUT2D eigenvalue weighted by Crippen LogP contribution is -2.47. The molecule has 1 aromatic heterocycles. The molecular weight excluding hydrogens is 346 g/mol. The van der Waals surface area contributed by atoms with Gasteiger partial charge in [-0.05, 0) is 31.5 Å². The van der Waals surface area contributed by atoms with Crippen LogP contribution in [0.25, 0.3) is 0 Å². The number of hydrogen-bond acceptors (Lipinski definition) is 5. The van der Waals surface area contributed by atoms with Crippen LogP contribution in [-0.4, -0.2) is 49.7 Å². The predicted molar refractivity (Wildman–Crippen MR) is 111 cm³/mol. The van der Waals surface area contributed by atoms with Crippen molar-refractivity contribution in [3.63, 3.8) is 0 Å². The standard InChI is InChI=1S/C20H28ClN5/c1-4-5-9-24(3)19-15-20(23-16(2)22-19)26-12-10-25(11-13-26)18-8-6-7-17(21)14-18/h6-8,14-15H,4-5,9-13H2,1-3H3. The molecule has 0 bridgehead atoms. The lowest BCUT2D eigenvalue weighted by molar-refractivity contribution is 0.645. The zero-order valence-corrected chi connectivity index (χ0v) is 16.7. The van der Waals surface area contributed by atoms with Crippen molar-refractivity contribution in [2.45, 2.75) is 26.7 Å². The van der Waals surface area contributed by atoms with Crippen molar-refractivity contribution in [3.05, 3.63) is 41.2 Å². The largest absolute Gasteiger partial charge is 0.368 e. The SMILES string of the molecule is CCCCN(C)c1cc(N2CCN(c3cccc(Cl)c3)CC2)nc(C)n1. The summed E-state index contributed by atoms with van der Waals surface area (Å²) >= 11 is 6.13. The minimum Gasteiger partial charge on any atom is -0.368 e. The Hall–Kier alpha value is -2.01. The van der Waals surface area contributed by atoms with Gasteiger partial charge in [0.2, 0.25) is 0 Å². The highest BCUT2D eigenvalue weighted by atomic mass is 35.5. The number of nitrogens with zero attached hydrogens (tertiary/aromatic N) is 5. The van der Waals surface area contributed by atoms with Crippen molar-refractivity contribution in [2.24, 2.45) is 0 Å². The zero-order chi connectivity index (χ0) is 18.5. The zero-order valence-electron chi connectivity index (χ0n) is 16.0. The molecule has 6 heteroatoms. The first-order chi connectivity index (χ1) is 12.6. The van der Waals surface area contributed by atoms with Crippen LogP contribution in [-0.2, 0) is 0 Å². The molecule has 0 saturated carbocycles. The van der Waals surface area contributed by atoms with Crippen LogP contribution < -0.4 is 14.7 Å². The summed E-state index contributed by atoms with van der Waals surface area (Å²) in [6, 6.07) is 10.2. The van der Waals surface area contributed by atoms with Gasteiger partial charge in [0.15, 0.2) is 0 Å². The summed E-state index contributed by atoms with van der Waals surface area (Å²) in [5.74, 6) is 2.87. The fourth-order valence-corrected chi connectivity index (χ4v) is 3.46. The summed E-state index contributed by atoms with van der Waals surface area (Å²) in [6.45, 7) is 9.03. The van der Waals surface area contributed by atoms with Crippen LogP contribution in [0.1, 0.15) is 25.6 Å². The lowest BCUT2D eigenvalue weighted by atomic mass is 10.2. The Morgan fingerprint density at radius 1 is 1.08 bits per heavy atom. The highest BCUT2D eigenvalue weighted by Gasteiger charge is 2.20. The Bertz CT molecular complexity index is 728. The van der Waals surface area contributed by atoms with Gasteiger partial charge < -0.3 is 14.7 Å². The molecule has 1 saturated heterocycles. The molecule has 1 fully saturated rings. The van der Waals surface area contributed by atoms with Crippen molar-refractivity contribution in [2.75, 3.05) is 54.5 Å². The number of rotatable bonds is 6. The van der Waals surface area contributed by atoms with E-state index in [2.05, 4.69) is 50.8 Å². The van der Waals surface area contributed by atoms with Crippen molar-refractivity contribution in [1.29, 1.82) is 0 Å². The van der Waals surface area contributed by atoms with E-state index in [4.69, 9.17) is 11.6 Å². The maximum absolute atomic E-state index is 6.13. The number of unbranched alkanes of at least 4 members (excludes halogenated alkanes) is 1. The second-order valence-electron chi connectivity index (χ2n) is 6.86. The van der Waals surface area contributed by atoms with Gasteiger partial charge >= 0.3 is 0 Å². The molecule has 2 heterocycles. The summed E-state index contributed by atoms with van der Waals surface area (Å²) in [5, 5.41) is 0.788. The first kappa shape index (κ1) is 18.8.